The molecule has 2 aromatic rings. The zero-order valence-corrected chi connectivity index (χ0v) is 17.6. The molecule has 144 valence electrons. The number of aromatic nitrogens is 1. The number of carbonyl (C=O) groups is 1. The summed E-state index contributed by atoms with van der Waals surface area (Å²) < 4.78 is 24.2. The first kappa shape index (κ1) is 20.0. The Kier molecular flexibility index (Phi) is 6.32. The van der Waals surface area contributed by atoms with Crippen molar-refractivity contribution in [1.82, 2.24) is 4.98 Å². The Morgan fingerprint density at radius 2 is 2.00 bits per heavy atom. The van der Waals surface area contributed by atoms with Crippen LogP contribution in [-0.4, -0.2) is 25.6 Å². The summed E-state index contributed by atoms with van der Waals surface area (Å²) in [6.45, 7) is 0. The van der Waals surface area contributed by atoms with Crippen molar-refractivity contribution >= 4 is 37.5 Å². The topological polar surface area (TPSA) is 76.1 Å². The van der Waals surface area contributed by atoms with Gasteiger partial charge in [-0.3, -0.25) is 4.79 Å². The van der Waals surface area contributed by atoms with Crippen molar-refractivity contribution < 1.29 is 13.2 Å². The lowest BCUT2D eigenvalue weighted by atomic mass is 9.87. The minimum absolute atomic E-state index is 0.111. The molecule has 1 fully saturated rings. The molecular formula is C20H23BrN2O3S. The molecule has 1 heterocycles. The van der Waals surface area contributed by atoms with Crippen LogP contribution >= 0.6 is 15.9 Å². The van der Waals surface area contributed by atoms with Gasteiger partial charge >= 0.3 is 0 Å². The molecule has 0 radical (unpaired) electrons. The first-order chi connectivity index (χ1) is 12.8. The van der Waals surface area contributed by atoms with Gasteiger partial charge in [0.25, 0.3) is 0 Å². The maximum absolute atomic E-state index is 13.0. The fourth-order valence-corrected chi connectivity index (χ4v) is 5.67. The van der Waals surface area contributed by atoms with Gasteiger partial charge in [-0.15, -0.1) is 0 Å². The smallest absolute Gasteiger partial charge is 0.233 e. The zero-order valence-electron chi connectivity index (χ0n) is 15.2. The van der Waals surface area contributed by atoms with E-state index >= 15 is 0 Å². The number of nitrogens with zero attached hydrogens (tertiary/aromatic N) is 1. The van der Waals surface area contributed by atoms with Crippen LogP contribution in [0.2, 0.25) is 0 Å². The van der Waals surface area contributed by atoms with E-state index in [0.717, 1.165) is 24.8 Å². The van der Waals surface area contributed by atoms with Crippen LogP contribution < -0.4 is 5.32 Å². The van der Waals surface area contributed by atoms with E-state index in [4.69, 9.17) is 0 Å². The van der Waals surface area contributed by atoms with Gasteiger partial charge in [-0.05, 0) is 58.1 Å². The van der Waals surface area contributed by atoms with Gasteiger partial charge in [0.05, 0.1) is 10.8 Å². The van der Waals surface area contributed by atoms with Crippen molar-refractivity contribution in [2.75, 3.05) is 11.6 Å². The summed E-state index contributed by atoms with van der Waals surface area (Å²) in [6, 6.07) is 10.5. The number of hydrogen-bond donors (Lipinski definition) is 1. The average molecular weight is 451 g/mol. The highest BCUT2D eigenvalue weighted by Crippen LogP contribution is 2.36. The summed E-state index contributed by atoms with van der Waals surface area (Å²) in [4.78, 5) is 17.4. The van der Waals surface area contributed by atoms with E-state index in [2.05, 4.69) is 26.2 Å². The lowest BCUT2D eigenvalue weighted by molar-refractivity contribution is -0.118. The summed E-state index contributed by atoms with van der Waals surface area (Å²) in [5.74, 6) is 0.572. The molecule has 1 aromatic heterocycles. The van der Waals surface area contributed by atoms with Gasteiger partial charge in [0.2, 0.25) is 5.91 Å². The molecule has 7 heteroatoms. The number of benzene rings is 1. The van der Waals surface area contributed by atoms with Gasteiger partial charge in [-0.25, -0.2) is 13.4 Å². The normalized spacial score (nSPS) is 16.2. The van der Waals surface area contributed by atoms with Gasteiger partial charge in [-0.1, -0.05) is 37.8 Å². The van der Waals surface area contributed by atoms with Crippen molar-refractivity contribution in [3.63, 3.8) is 0 Å². The lowest BCUT2D eigenvalue weighted by Gasteiger charge is -2.21. The summed E-state index contributed by atoms with van der Waals surface area (Å²) >= 11 is 3.36. The van der Waals surface area contributed by atoms with E-state index in [9.17, 15) is 13.2 Å². The van der Waals surface area contributed by atoms with Gasteiger partial charge in [-0.2, -0.15) is 0 Å². The van der Waals surface area contributed by atoms with Crippen LogP contribution in [0, 0.1) is 5.92 Å². The van der Waals surface area contributed by atoms with E-state index < -0.39 is 9.84 Å². The molecule has 0 bridgehead atoms. The number of hydrogen-bond acceptors (Lipinski definition) is 4. The Hall–Kier alpha value is -1.73. The molecule has 1 saturated carbocycles. The minimum Gasteiger partial charge on any atom is -0.310 e. The molecule has 1 amide bonds. The van der Waals surface area contributed by atoms with Crippen molar-refractivity contribution in [3.8, 4) is 0 Å². The maximum atomic E-state index is 13.0. The third kappa shape index (κ3) is 5.17. The summed E-state index contributed by atoms with van der Waals surface area (Å²) in [5, 5.41) is 2.90. The second kappa shape index (κ2) is 8.52. The van der Waals surface area contributed by atoms with Crippen molar-refractivity contribution in [1.29, 1.82) is 0 Å². The number of nitrogens with one attached hydrogen (secondary N) is 1. The number of anilines is 1. The summed E-state index contributed by atoms with van der Waals surface area (Å²) in [5.41, 5.74) is 0.814. The number of carbonyl (C=O) groups excluding carboxylic acids is 1. The predicted molar refractivity (Wildman–Crippen MR) is 109 cm³/mol. The molecule has 1 N–H and O–H groups in total. The summed E-state index contributed by atoms with van der Waals surface area (Å²) in [6.07, 6.45) is 8.25. The molecule has 1 aromatic carbocycles. The van der Waals surface area contributed by atoms with Gasteiger partial charge in [0.1, 0.15) is 5.82 Å². The molecule has 5 nitrogen and oxygen atoms in total. The first-order valence-corrected chi connectivity index (χ1v) is 11.7. The quantitative estimate of drug-likeness (QED) is 0.699. The van der Waals surface area contributed by atoms with Crippen LogP contribution in [0.4, 0.5) is 5.82 Å². The van der Waals surface area contributed by atoms with Gasteiger partial charge in [0, 0.05) is 16.9 Å². The Labute approximate surface area is 168 Å². The highest BCUT2D eigenvalue weighted by molar-refractivity contribution is 9.10. The summed E-state index contributed by atoms with van der Waals surface area (Å²) in [7, 11) is -3.32. The molecule has 3 rings (SSSR count). The number of amides is 1. The van der Waals surface area contributed by atoms with Crippen LogP contribution in [0.25, 0.3) is 0 Å². The fourth-order valence-electron chi connectivity index (χ4n) is 3.66. The monoisotopic (exact) mass is 450 g/mol. The number of sulfone groups is 1. The minimum atomic E-state index is -3.32. The van der Waals surface area contributed by atoms with Crippen LogP contribution in [0.1, 0.15) is 43.6 Å². The van der Waals surface area contributed by atoms with E-state index in [1.54, 1.807) is 36.5 Å². The molecular weight excluding hydrogens is 428 g/mol. The number of pyridine rings is 1. The van der Waals surface area contributed by atoms with Crippen molar-refractivity contribution in [2.24, 2.45) is 5.92 Å². The molecule has 0 aliphatic heterocycles. The van der Waals surface area contributed by atoms with Gasteiger partial charge < -0.3 is 5.32 Å². The molecule has 1 unspecified atom stereocenters. The van der Waals surface area contributed by atoms with E-state index in [1.165, 1.54) is 19.1 Å². The molecule has 1 atom stereocenters. The van der Waals surface area contributed by atoms with E-state index in [1.807, 2.05) is 6.07 Å². The maximum Gasteiger partial charge on any atom is 0.233 e. The second-order valence-corrected chi connectivity index (χ2v) is 9.94. The number of rotatable bonds is 6. The predicted octanol–water partition coefficient (Wildman–Crippen LogP) is 4.55. The van der Waals surface area contributed by atoms with Crippen molar-refractivity contribution in [3.05, 3.63) is 52.6 Å². The van der Waals surface area contributed by atoms with Crippen LogP contribution in [0.3, 0.4) is 0 Å². The van der Waals surface area contributed by atoms with Crippen LogP contribution in [0.15, 0.2) is 52.0 Å². The fraction of sp³-hybridized carbons (Fsp3) is 0.400. The average Bonchev–Trinajstić information content (AvgIpc) is 3.12. The Morgan fingerprint density at radius 1 is 1.26 bits per heavy atom. The highest BCUT2D eigenvalue weighted by atomic mass is 79.9. The molecule has 0 spiro atoms. The first-order valence-electron chi connectivity index (χ1n) is 9.06. The van der Waals surface area contributed by atoms with Crippen LogP contribution in [0.5, 0.6) is 0 Å². The molecule has 1 aliphatic carbocycles. The highest BCUT2D eigenvalue weighted by Gasteiger charge is 2.28. The Balaban J connectivity index is 1.89. The lowest BCUT2D eigenvalue weighted by Crippen LogP contribution is -2.23. The molecule has 27 heavy (non-hydrogen) atoms. The third-order valence-electron chi connectivity index (χ3n) is 5.03. The standard InChI is InChI=1S/C20H23BrN2O3S/c1-27(25,26)18-10-9-15(13-17(18)21)16(12-14-6-2-3-7-14)20(24)23-19-8-4-5-11-22-19/h4-5,8-11,13-14,16H,2-3,6-7,12H2,1H3,(H,22,23,24). The number of halogens is 1. The largest absolute Gasteiger partial charge is 0.310 e. The molecule has 0 saturated heterocycles. The second-order valence-electron chi connectivity index (χ2n) is 7.11. The third-order valence-corrected chi connectivity index (χ3v) is 7.11. The van der Waals surface area contributed by atoms with E-state index in [-0.39, 0.29) is 16.7 Å². The Bertz CT molecular complexity index is 910. The van der Waals surface area contributed by atoms with Crippen molar-refractivity contribution in [2.45, 2.75) is 42.9 Å². The molecule has 1 aliphatic rings. The SMILES string of the molecule is CS(=O)(=O)c1ccc(C(CC2CCCC2)C(=O)Nc2ccccn2)cc1Br. The van der Waals surface area contributed by atoms with Crippen LogP contribution in [-0.2, 0) is 14.6 Å². The zero-order chi connectivity index (χ0) is 19.4. The van der Waals surface area contributed by atoms with E-state index in [0.29, 0.717) is 16.2 Å². The van der Waals surface area contributed by atoms with Gasteiger partial charge in [0.15, 0.2) is 9.84 Å². The Morgan fingerprint density at radius 3 is 2.59 bits per heavy atom.